The lowest BCUT2D eigenvalue weighted by atomic mass is 9.89. The van der Waals surface area contributed by atoms with Gasteiger partial charge in [-0.25, -0.2) is 0 Å². The maximum absolute atomic E-state index is 12.4. The minimum atomic E-state index is -0.873. The molecule has 1 aromatic rings. The molecule has 3 atom stereocenters. The molecule has 2 saturated heterocycles. The lowest BCUT2D eigenvalue weighted by molar-refractivity contribution is -0.143. The molecule has 0 aromatic heterocycles. The fourth-order valence-electron chi connectivity index (χ4n) is 3.26. The molecule has 0 bridgehead atoms. The van der Waals surface area contributed by atoms with Crippen LogP contribution >= 0.6 is 11.6 Å². The van der Waals surface area contributed by atoms with Crippen LogP contribution in [-0.4, -0.2) is 47.7 Å². The van der Waals surface area contributed by atoms with Gasteiger partial charge in [0.05, 0.1) is 5.92 Å². The molecule has 2 aliphatic rings. The topological polar surface area (TPSA) is 66.8 Å². The quantitative estimate of drug-likeness (QED) is 0.925. The van der Waals surface area contributed by atoms with Crippen LogP contribution in [-0.2, 0) is 14.3 Å². The number of hydrogen-bond acceptors (Lipinski definition) is 3. The van der Waals surface area contributed by atoms with Crippen molar-refractivity contribution in [2.24, 2.45) is 5.92 Å². The van der Waals surface area contributed by atoms with Crippen molar-refractivity contribution < 1.29 is 19.4 Å². The fourth-order valence-corrected chi connectivity index (χ4v) is 3.38. The maximum atomic E-state index is 12.4. The first kappa shape index (κ1) is 15.3. The molecule has 2 fully saturated rings. The summed E-state index contributed by atoms with van der Waals surface area (Å²) in [7, 11) is 0. The second-order valence-electron chi connectivity index (χ2n) is 5.85. The Balaban J connectivity index is 1.78. The number of nitrogens with zero attached hydrogens (tertiary/aromatic N) is 1. The molecule has 0 radical (unpaired) electrons. The number of benzene rings is 1. The molecule has 6 heteroatoms. The predicted molar refractivity (Wildman–Crippen MR) is 80.9 cm³/mol. The number of rotatable bonds is 3. The first-order chi connectivity index (χ1) is 10.6. The van der Waals surface area contributed by atoms with Gasteiger partial charge >= 0.3 is 5.97 Å². The number of carbonyl (C=O) groups is 2. The Labute approximate surface area is 133 Å². The highest BCUT2D eigenvalue weighted by Gasteiger charge is 2.42. The molecule has 1 amide bonds. The van der Waals surface area contributed by atoms with E-state index < -0.39 is 18.0 Å². The number of halogens is 1. The highest BCUT2D eigenvalue weighted by atomic mass is 35.5. The zero-order valence-electron chi connectivity index (χ0n) is 12.1. The van der Waals surface area contributed by atoms with Crippen LogP contribution in [0.15, 0.2) is 24.3 Å². The lowest BCUT2D eigenvalue weighted by Crippen LogP contribution is -2.37. The largest absolute Gasteiger partial charge is 0.481 e. The number of amides is 1. The second kappa shape index (κ2) is 6.26. The first-order valence-corrected chi connectivity index (χ1v) is 7.82. The van der Waals surface area contributed by atoms with Gasteiger partial charge < -0.3 is 14.7 Å². The Bertz CT molecular complexity index is 568. The van der Waals surface area contributed by atoms with Crippen LogP contribution in [0, 0.1) is 5.92 Å². The highest BCUT2D eigenvalue weighted by molar-refractivity contribution is 6.30. The zero-order chi connectivity index (χ0) is 15.7. The van der Waals surface area contributed by atoms with Crippen LogP contribution in [0.25, 0.3) is 0 Å². The number of ether oxygens (including phenoxy) is 1. The van der Waals surface area contributed by atoms with E-state index in [9.17, 15) is 14.7 Å². The summed E-state index contributed by atoms with van der Waals surface area (Å²) in [5.74, 6) is -1.76. The minimum Gasteiger partial charge on any atom is -0.481 e. The van der Waals surface area contributed by atoms with Gasteiger partial charge in [-0.1, -0.05) is 23.7 Å². The molecule has 2 aliphatic heterocycles. The van der Waals surface area contributed by atoms with Crippen LogP contribution in [0.3, 0.4) is 0 Å². The van der Waals surface area contributed by atoms with E-state index in [0.29, 0.717) is 18.2 Å². The van der Waals surface area contributed by atoms with Gasteiger partial charge in [-0.05, 0) is 30.5 Å². The average molecular weight is 324 g/mol. The molecule has 2 heterocycles. The molecule has 0 saturated carbocycles. The first-order valence-electron chi connectivity index (χ1n) is 7.45. The summed E-state index contributed by atoms with van der Waals surface area (Å²) in [6.07, 6.45) is 1.20. The predicted octanol–water partition coefficient (Wildman–Crippen LogP) is 2.15. The SMILES string of the molecule is O=C(O)[C@@H]1CN(C(=O)C2CCCO2)C[C@H]1c1ccc(Cl)cc1. The number of carboxylic acid groups (broad SMARTS) is 1. The summed E-state index contributed by atoms with van der Waals surface area (Å²) in [5, 5.41) is 10.1. The van der Waals surface area contributed by atoms with Gasteiger partial charge in [0.1, 0.15) is 6.10 Å². The van der Waals surface area contributed by atoms with E-state index in [-0.39, 0.29) is 18.4 Å². The highest BCUT2D eigenvalue weighted by Crippen LogP contribution is 2.34. The van der Waals surface area contributed by atoms with Crippen LogP contribution in [0.5, 0.6) is 0 Å². The summed E-state index contributed by atoms with van der Waals surface area (Å²) in [6, 6.07) is 7.17. The van der Waals surface area contributed by atoms with Crippen LogP contribution in [0.2, 0.25) is 5.02 Å². The lowest BCUT2D eigenvalue weighted by Gasteiger charge is -2.20. The third-order valence-corrected chi connectivity index (χ3v) is 4.70. The van der Waals surface area contributed by atoms with Gasteiger partial charge in [-0.3, -0.25) is 9.59 Å². The van der Waals surface area contributed by atoms with Crippen LogP contribution < -0.4 is 0 Å². The van der Waals surface area contributed by atoms with E-state index in [1.54, 1.807) is 17.0 Å². The van der Waals surface area contributed by atoms with Crippen molar-refractivity contribution in [3.05, 3.63) is 34.9 Å². The normalized spacial score (nSPS) is 28.0. The number of carbonyl (C=O) groups excluding carboxylic acids is 1. The maximum Gasteiger partial charge on any atom is 0.308 e. The summed E-state index contributed by atoms with van der Waals surface area (Å²) in [4.78, 5) is 25.6. The standard InChI is InChI=1S/C16H18ClNO4/c17-11-5-3-10(4-6-11)12-8-18(9-13(12)16(20)21)15(19)14-2-1-7-22-14/h3-6,12-14H,1-2,7-9H2,(H,20,21)/t12-,13+,14?/m0/s1. The van der Waals surface area contributed by atoms with Gasteiger partial charge in [-0.15, -0.1) is 0 Å². The number of aliphatic carboxylic acids is 1. The van der Waals surface area contributed by atoms with Crippen molar-refractivity contribution in [1.82, 2.24) is 4.90 Å². The van der Waals surface area contributed by atoms with Crippen LogP contribution in [0.4, 0.5) is 0 Å². The molecule has 1 aromatic carbocycles. The van der Waals surface area contributed by atoms with Gasteiger partial charge in [0, 0.05) is 30.6 Å². The van der Waals surface area contributed by atoms with E-state index in [0.717, 1.165) is 18.4 Å². The van der Waals surface area contributed by atoms with Crippen molar-refractivity contribution in [2.75, 3.05) is 19.7 Å². The van der Waals surface area contributed by atoms with Gasteiger partial charge in [-0.2, -0.15) is 0 Å². The molecule has 1 unspecified atom stereocenters. The fraction of sp³-hybridized carbons (Fsp3) is 0.500. The third kappa shape index (κ3) is 2.96. The van der Waals surface area contributed by atoms with Crippen molar-refractivity contribution in [2.45, 2.75) is 24.9 Å². The Morgan fingerprint density at radius 1 is 1.23 bits per heavy atom. The zero-order valence-corrected chi connectivity index (χ0v) is 12.8. The van der Waals surface area contributed by atoms with Crippen LogP contribution in [0.1, 0.15) is 24.3 Å². The molecule has 0 spiro atoms. The van der Waals surface area contributed by atoms with Crippen molar-refractivity contribution >= 4 is 23.5 Å². The van der Waals surface area contributed by atoms with E-state index in [1.165, 1.54) is 0 Å². The summed E-state index contributed by atoms with van der Waals surface area (Å²) in [5.41, 5.74) is 0.902. The molecule has 22 heavy (non-hydrogen) atoms. The Morgan fingerprint density at radius 3 is 2.55 bits per heavy atom. The van der Waals surface area contributed by atoms with Crippen molar-refractivity contribution in [3.8, 4) is 0 Å². The molecule has 1 N–H and O–H groups in total. The van der Waals surface area contributed by atoms with E-state index in [1.807, 2.05) is 12.1 Å². The minimum absolute atomic E-state index is 0.0831. The molecule has 3 rings (SSSR count). The van der Waals surface area contributed by atoms with Gasteiger partial charge in [0.15, 0.2) is 0 Å². The number of likely N-dealkylation sites (tertiary alicyclic amines) is 1. The summed E-state index contributed by atoms with van der Waals surface area (Å²) < 4.78 is 5.42. The van der Waals surface area contributed by atoms with Crippen molar-refractivity contribution in [3.63, 3.8) is 0 Å². The summed E-state index contributed by atoms with van der Waals surface area (Å²) >= 11 is 5.89. The molecular formula is C16H18ClNO4. The Kier molecular flexibility index (Phi) is 4.36. The van der Waals surface area contributed by atoms with Gasteiger partial charge in [0.25, 0.3) is 5.91 Å². The van der Waals surface area contributed by atoms with Crippen molar-refractivity contribution in [1.29, 1.82) is 0 Å². The number of hydrogen-bond donors (Lipinski definition) is 1. The number of carboxylic acids is 1. The average Bonchev–Trinajstić information content (AvgIpc) is 3.17. The van der Waals surface area contributed by atoms with E-state index in [2.05, 4.69) is 0 Å². The molecular weight excluding hydrogens is 306 g/mol. The summed E-state index contributed by atoms with van der Waals surface area (Å²) in [6.45, 7) is 1.26. The molecule has 5 nitrogen and oxygen atoms in total. The monoisotopic (exact) mass is 323 g/mol. The Hall–Kier alpha value is -1.59. The third-order valence-electron chi connectivity index (χ3n) is 4.45. The van der Waals surface area contributed by atoms with Gasteiger partial charge in [0.2, 0.25) is 0 Å². The molecule has 0 aliphatic carbocycles. The Morgan fingerprint density at radius 2 is 1.95 bits per heavy atom. The second-order valence-corrected chi connectivity index (χ2v) is 6.28. The molecule has 118 valence electrons. The van der Waals surface area contributed by atoms with E-state index >= 15 is 0 Å². The van der Waals surface area contributed by atoms with E-state index in [4.69, 9.17) is 16.3 Å². The smallest absolute Gasteiger partial charge is 0.308 e.